The minimum atomic E-state index is 0.949. The van der Waals surface area contributed by atoms with E-state index in [1.807, 2.05) is 0 Å². The molecule has 0 spiro atoms. The summed E-state index contributed by atoms with van der Waals surface area (Å²) in [4.78, 5) is 0. The maximum atomic E-state index is 3.51. The fourth-order valence-electron chi connectivity index (χ4n) is 3.41. The van der Waals surface area contributed by atoms with E-state index in [0.717, 1.165) is 17.8 Å². The average Bonchev–Trinajstić information content (AvgIpc) is 2.79. The van der Waals surface area contributed by atoms with Crippen LogP contribution in [0.25, 0.3) is 0 Å². The Balaban J connectivity index is 1.62. The molecule has 2 fully saturated rings. The zero-order chi connectivity index (χ0) is 10.1. The maximum absolute atomic E-state index is 3.51. The third-order valence-corrected chi connectivity index (χ3v) is 4.12. The summed E-state index contributed by atoms with van der Waals surface area (Å²) in [7, 11) is 0. The molecule has 80 valence electrons. The number of benzene rings is 1. The van der Waals surface area contributed by atoms with E-state index in [1.54, 1.807) is 0 Å². The van der Waals surface area contributed by atoms with E-state index in [2.05, 4.69) is 35.6 Å². The lowest BCUT2D eigenvalue weighted by Crippen LogP contribution is -2.12. The molecule has 2 unspecified atom stereocenters. The van der Waals surface area contributed by atoms with Gasteiger partial charge in [-0.25, -0.2) is 0 Å². The van der Waals surface area contributed by atoms with Crippen LogP contribution in [0.4, 0.5) is 0 Å². The summed E-state index contributed by atoms with van der Waals surface area (Å²) in [6.07, 6.45) is 4.20. The van der Waals surface area contributed by atoms with Crippen molar-refractivity contribution < 1.29 is 0 Å². The molecule has 3 rings (SSSR count). The normalized spacial score (nSPS) is 34.3. The Morgan fingerprint density at radius 3 is 2.33 bits per heavy atom. The molecule has 1 saturated heterocycles. The lowest BCUT2D eigenvalue weighted by Gasteiger charge is -2.10. The lowest BCUT2D eigenvalue weighted by molar-refractivity contribution is 0.490. The van der Waals surface area contributed by atoms with Gasteiger partial charge in [0.2, 0.25) is 0 Å². The predicted molar refractivity (Wildman–Crippen MR) is 62.7 cm³/mol. The van der Waals surface area contributed by atoms with Crippen LogP contribution < -0.4 is 5.32 Å². The first-order chi connectivity index (χ1) is 7.42. The zero-order valence-electron chi connectivity index (χ0n) is 9.15. The molecule has 1 aliphatic carbocycles. The van der Waals surface area contributed by atoms with Crippen LogP contribution in [0.3, 0.4) is 0 Å². The van der Waals surface area contributed by atoms with Gasteiger partial charge in [-0.2, -0.15) is 0 Å². The molecule has 0 bridgehead atoms. The van der Waals surface area contributed by atoms with E-state index in [4.69, 9.17) is 0 Å². The van der Waals surface area contributed by atoms with Gasteiger partial charge in [0.25, 0.3) is 0 Å². The molecule has 15 heavy (non-hydrogen) atoms. The first kappa shape index (κ1) is 9.41. The molecule has 1 nitrogen and oxygen atoms in total. The first-order valence-electron chi connectivity index (χ1n) is 6.16. The van der Waals surface area contributed by atoms with E-state index >= 15 is 0 Å². The number of rotatable bonds is 2. The lowest BCUT2D eigenvalue weighted by atomic mass is 9.96. The molecule has 1 heterocycles. The number of hydrogen-bond acceptors (Lipinski definition) is 1. The van der Waals surface area contributed by atoms with Crippen LogP contribution in [0, 0.1) is 17.8 Å². The average molecular weight is 201 g/mol. The van der Waals surface area contributed by atoms with Crippen LogP contribution in [0.5, 0.6) is 0 Å². The van der Waals surface area contributed by atoms with Crippen molar-refractivity contribution in [2.24, 2.45) is 17.8 Å². The van der Waals surface area contributed by atoms with Crippen molar-refractivity contribution in [2.75, 3.05) is 13.1 Å². The van der Waals surface area contributed by atoms with Crippen LogP contribution in [-0.2, 0) is 6.42 Å². The molecular weight excluding hydrogens is 182 g/mol. The fraction of sp³-hybridized carbons (Fsp3) is 0.571. The van der Waals surface area contributed by atoms with Crippen molar-refractivity contribution in [1.29, 1.82) is 0 Å². The summed E-state index contributed by atoms with van der Waals surface area (Å²) in [6, 6.07) is 11.0. The first-order valence-corrected chi connectivity index (χ1v) is 6.16. The molecular formula is C14H19N. The van der Waals surface area contributed by atoms with E-state index < -0.39 is 0 Å². The summed E-state index contributed by atoms with van der Waals surface area (Å²) in [5.41, 5.74) is 1.52. The number of fused-ring (bicyclic) bond motifs is 1. The Morgan fingerprint density at radius 1 is 1.00 bits per heavy atom. The highest BCUT2D eigenvalue weighted by Gasteiger charge is 2.36. The van der Waals surface area contributed by atoms with Crippen molar-refractivity contribution in [3.8, 4) is 0 Å². The molecule has 0 amide bonds. The zero-order valence-corrected chi connectivity index (χ0v) is 9.15. The topological polar surface area (TPSA) is 12.0 Å². The van der Waals surface area contributed by atoms with Gasteiger partial charge >= 0.3 is 0 Å². The molecule has 1 heteroatoms. The standard InChI is InChI=1S/C14H19N/c1-2-4-11(5-3-1)6-12-7-13-9-15-10-14(13)8-12/h1-5,12-15H,6-10H2. The molecule has 1 aromatic carbocycles. The molecule has 0 radical (unpaired) electrons. The second-order valence-electron chi connectivity index (χ2n) is 5.21. The van der Waals surface area contributed by atoms with Gasteiger partial charge in [0.05, 0.1) is 0 Å². The van der Waals surface area contributed by atoms with Gasteiger partial charge in [0, 0.05) is 0 Å². The Hall–Kier alpha value is -0.820. The second-order valence-corrected chi connectivity index (χ2v) is 5.21. The van der Waals surface area contributed by atoms with Crippen LogP contribution in [0.2, 0.25) is 0 Å². The Labute approximate surface area is 91.9 Å². The summed E-state index contributed by atoms with van der Waals surface area (Å²) in [5.74, 6) is 2.92. The Kier molecular flexibility index (Phi) is 2.49. The molecule has 1 aliphatic heterocycles. The van der Waals surface area contributed by atoms with Gasteiger partial charge in [-0.1, -0.05) is 30.3 Å². The van der Waals surface area contributed by atoms with Crippen LogP contribution >= 0.6 is 0 Å². The maximum Gasteiger partial charge on any atom is -0.00172 e. The van der Waals surface area contributed by atoms with Crippen molar-refractivity contribution >= 4 is 0 Å². The van der Waals surface area contributed by atoms with Gasteiger partial charge < -0.3 is 5.32 Å². The van der Waals surface area contributed by atoms with Gasteiger partial charge in [-0.3, -0.25) is 0 Å². The van der Waals surface area contributed by atoms with Crippen molar-refractivity contribution in [2.45, 2.75) is 19.3 Å². The van der Waals surface area contributed by atoms with E-state index in [0.29, 0.717) is 0 Å². The van der Waals surface area contributed by atoms with Crippen LogP contribution in [-0.4, -0.2) is 13.1 Å². The van der Waals surface area contributed by atoms with E-state index in [9.17, 15) is 0 Å². The fourth-order valence-corrected chi connectivity index (χ4v) is 3.41. The van der Waals surface area contributed by atoms with Crippen molar-refractivity contribution in [1.82, 2.24) is 5.32 Å². The van der Waals surface area contributed by atoms with Gasteiger partial charge in [-0.05, 0) is 55.7 Å². The molecule has 2 atom stereocenters. The highest BCUT2D eigenvalue weighted by atomic mass is 14.9. The summed E-state index contributed by atoms with van der Waals surface area (Å²) in [6.45, 7) is 2.55. The van der Waals surface area contributed by atoms with Crippen LogP contribution in [0.1, 0.15) is 18.4 Å². The summed E-state index contributed by atoms with van der Waals surface area (Å²) in [5, 5.41) is 3.51. The Morgan fingerprint density at radius 2 is 1.67 bits per heavy atom. The minimum absolute atomic E-state index is 0.949. The summed E-state index contributed by atoms with van der Waals surface area (Å²) < 4.78 is 0. The number of hydrogen-bond donors (Lipinski definition) is 1. The Bertz CT molecular complexity index is 307. The largest absolute Gasteiger partial charge is 0.316 e. The SMILES string of the molecule is c1ccc(CC2CC3CNCC3C2)cc1. The van der Waals surface area contributed by atoms with Crippen LogP contribution in [0.15, 0.2) is 30.3 Å². The predicted octanol–water partition coefficient (Wildman–Crippen LogP) is 2.47. The molecule has 1 N–H and O–H groups in total. The van der Waals surface area contributed by atoms with Crippen molar-refractivity contribution in [3.63, 3.8) is 0 Å². The summed E-state index contributed by atoms with van der Waals surface area (Å²) >= 11 is 0. The highest BCUT2D eigenvalue weighted by molar-refractivity contribution is 5.15. The molecule has 2 aliphatic rings. The molecule has 0 aromatic heterocycles. The quantitative estimate of drug-likeness (QED) is 0.775. The smallest absolute Gasteiger partial charge is 0.00172 e. The third kappa shape index (κ3) is 1.93. The number of nitrogens with one attached hydrogen (secondary N) is 1. The third-order valence-electron chi connectivity index (χ3n) is 4.12. The molecule has 1 saturated carbocycles. The monoisotopic (exact) mass is 201 g/mol. The van der Waals surface area contributed by atoms with Gasteiger partial charge in [0.15, 0.2) is 0 Å². The highest BCUT2D eigenvalue weighted by Crippen LogP contribution is 2.39. The molecule has 1 aromatic rings. The second kappa shape index (κ2) is 3.97. The van der Waals surface area contributed by atoms with E-state index in [1.165, 1.54) is 37.9 Å². The van der Waals surface area contributed by atoms with Gasteiger partial charge in [0.1, 0.15) is 0 Å². The van der Waals surface area contributed by atoms with Crippen molar-refractivity contribution in [3.05, 3.63) is 35.9 Å². The van der Waals surface area contributed by atoms with Gasteiger partial charge in [-0.15, -0.1) is 0 Å². The minimum Gasteiger partial charge on any atom is -0.316 e. The van der Waals surface area contributed by atoms with E-state index in [-0.39, 0.29) is 0 Å².